The fraction of sp³-hybridized carbons (Fsp3) is 0.667. The van der Waals surface area contributed by atoms with E-state index in [1.807, 2.05) is 4.68 Å². The smallest absolute Gasteiger partial charge is 0.150 e. The summed E-state index contributed by atoms with van der Waals surface area (Å²) in [7, 11) is 0. The monoisotopic (exact) mass is 220 g/mol. The molecule has 0 saturated heterocycles. The van der Waals surface area contributed by atoms with E-state index in [9.17, 15) is 0 Å². The van der Waals surface area contributed by atoms with E-state index in [4.69, 9.17) is 5.73 Å². The van der Waals surface area contributed by atoms with Gasteiger partial charge in [0.1, 0.15) is 6.33 Å². The summed E-state index contributed by atoms with van der Waals surface area (Å²) in [6.45, 7) is 3.08. The average Bonchev–Trinajstić information content (AvgIpc) is 2.66. The highest BCUT2D eigenvalue weighted by atomic mass is 15.3. The third-order valence-electron chi connectivity index (χ3n) is 3.01. The molecule has 0 aliphatic heterocycles. The van der Waals surface area contributed by atoms with Crippen molar-refractivity contribution in [2.45, 2.75) is 51.6 Å². The molecule has 1 aromatic heterocycles. The molecule has 1 fully saturated rings. The van der Waals surface area contributed by atoms with Crippen molar-refractivity contribution in [2.24, 2.45) is 5.73 Å². The van der Waals surface area contributed by atoms with Crippen LogP contribution in [0.5, 0.6) is 0 Å². The van der Waals surface area contributed by atoms with Gasteiger partial charge in [0.05, 0.1) is 0 Å². The van der Waals surface area contributed by atoms with E-state index in [0.717, 1.165) is 38.1 Å². The fourth-order valence-electron chi connectivity index (χ4n) is 2.21. The minimum Gasteiger partial charge on any atom is -0.327 e. The van der Waals surface area contributed by atoms with Gasteiger partial charge in [0.15, 0.2) is 5.82 Å². The molecule has 0 bridgehead atoms. The van der Waals surface area contributed by atoms with E-state index < -0.39 is 0 Å². The predicted molar refractivity (Wildman–Crippen MR) is 64.7 cm³/mol. The summed E-state index contributed by atoms with van der Waals surface area (Å²) in [4.78, 5) is 4.29. The van der Waals surface area contributed by atoms with Crippen LogP contribution in [0.15, 0.2) is 11.9 Å². The van der Waals surface area contributed by atoms with Crippen molar-refractivity contribution in [1.82, 2.24) is 14.8 Å². The summed E-state index contributed by atoms with van der Waals surface area (Å²) in [5.41, 5.74) is 7.39. The highest BCUT2D eigenvalue weighted by Crippen LogP contribution is 2.23. The van der Waals surface area contributed by atoms with Gasteiger partial charge < -0.3 is 5.73 Å². The van der Waals surface area contributed by atoms with Crippen LogP contribution in [0.3, 0.4) is 0 Å². The van der Waals surface area contributed by atoms with Gasteiger partial charge in [-0.3, -0.25) is 0 Å². The Morgan fingerprint density at radius 1 is 1.62 bits per heavy atom. The maximum atomic E-state index is 5.97. The topological polar surface area (TPSA) is 56.7 Å². The third-order valence-corrected chi connectivity index (χ3v) is 3.01. The second-order valence-corrected chi connectivity index (χ2v) is 4.50. The second kappa shape index (κ2) is 5.25. The number of aryl methyl sites for hydroxylation is 1. The summed E-state index contributed by atoms with van der Waals surface area (Å²) >= 11 is 0. The molecular weight excluding hydrogens is 200 g/mol. The molecule has 0 aromatic carbocycles. The molecule has 0 radical (unpaired) electrons. The van der Waals surface area contributed by atoms with Crippen LogP contribution in [-0.2, 0) is 6.54 Å². The van der Waals surface area contributed by atoms with Crippen LogP contribution < -0.4 is 5.73 Å². The van der Waals surface area contributed by atoms with E-state index in [2.05, 4.69) is 23.1 Å². The molecule has 0 spiro atoms. The summed E-state index contributed by atoms with van der Waals surface area (Å²) in [6.07, 6.45) is 9.41. The molecule has 4 nitrogen and oxygen atoms in total. The van der Waals surface area contributed by atoms with Crippen LogP contribution in [-0.4, -0.2) is 20.8 Å². The number of hydrogen-bond donors (Lipinski definition) is 1. The Morgan fingerprint density at radius 2 is 2.50 bits per heavy atom. The first kappa shape index (κ1) is 11.3. The highest BCUT2D eigenvalue weighted by Gasteiger charge is 2.13. The van der Waals surface area contributed by atoms with Gasteiger partial charge >= 0.3 is 0 Å². The van der Waals surface area contributed by atoms with Crippen LogP contribution >= 0.6 is 0 Å². The molecule has 1 aromatic rings. The van der Waals surface area contributed by atoms with Gasteiger partial charge in [0.25, 0.3) is 0 Å². The minimum absolute atomic E-state index is 0.336. The Hall–Kier alpha value is -1.16. The first-order valence-electron chi connectivity index (χ1n) is 6.12. The number of nitrogens with two attached hydrogens (primary N) is 1. The molecule has 0 amide bonds. The van der Waals surface area contributed by atoms with E-state index >= 15 is 0 Å². The Kier molecular flexibility index (Phi) is 3.72. The quantitative estimate of drug-likeness (QED) is 0.847. The molecule has 2 N–H and O–H groups in total. The Bertz CT molecular complexity index is 367. The molecule has 1 heterocycles. The number of hydrogen-bond acceptors (Lipinski definition) is 3. The summed E-state index contributed by atoms with van der Waals surface area (Å²) in [5.74, 6) is 0.978. The van der Waals surface area contributed by atoms with Crippen molar-refractivity contribution in [3.05, 3.63) is 17.7 Å². The van der Waals surface area contributed by atoms with Crippen LogP contribution in [0, 0.1) is 0 Å². The number of rotatable bonds is 3. The van der Waals surface area contributed by atoms with E-state index in [0.29, 0.717) is 6.04 Å². The lowest BCUT2D eigenvalue weighted by atomic mass is 9.91. The zero-order valence-electron chi connectivity index (χ0n) is 9.89. The van der Waals surface area contributed by atoms with E-state index in [-0.39, 0.29) is 0 Å². The molecule has 4 heteroatoms. The van der Waals surface area contributed by atoms with Gasteiger partial charge in [-0.15, -0.1) is 0 Å². The lowest BCUT2D eigenvalue weighted by molar-refractivity contribution is 0.519. The Labute approximate surface area is 96.6 Å². The van der Waals surface area contributed by atoms with E-state index in [1.54, 1.807) is 6.33 Å². The van der Waals surface area contributed by atoms with Crippen molar-refractivity contribution >= 4 is 6.08 Å². The van der Waals surface area contributed by atoms with Gasteiger partial charge in [-0.05, 0) is 38.2 Å². The van der Waals surface area contributed by atoms with E-state index in [1.165, 1.54) is 12.0 Å². The van der Waals surface area contributed by atoms with Gasteiger partial charge in [-0.25, -0.2) is 9.67 Å². The molecule has 1 saturated carbocycles. The zero-order valence-corrected chi connectivity index (χ0v) is 9.89. The SMILES string of the molecule is CCCn1ncnc1C=C1CCCC(N)C1. The van der Waals surface area contributed by atoms with Crippen LogP contribution in [0.4, 0.5) is 0 Å². The zero-order chi connectivity index (χ0) is 11.4. The molecule has 2 rings (SSSR count). The van der Waals surface area contributed by atoms with Crippen LogP contribution in [0.2, 0.25) is 0 Å². The van der Waals surface area contributed by atoms with Crippen molar-refractivity contribution in [1.29, 1.82) is 0 Å². The molecule has 16 heavy (non-hydrogen) atoms. The van der Waals surface area contributed by atoms with Crippen LogP contribution in [0.25, 0.3) is 6.08 Å². The lowest BCUT2D eigenvalue weighted by Gasteiger charge is -2.20. The molecule has 1 atom stereocenters. The molecule has 1 aliphatic rings. The lowest BCUT2D eigenvalue weighted by Crippen LogP contribution is -2.23. The molecule has 1 unspecified atom stereocenters. The van der Waals surface area contributed by atoms with Crippen molar-refractivity contribution in [2.75, 3.05) is 0 Å². The maximum absolute atomic E-state index is 5.97. The average molecular weight is 220 g/mol. The first-order chi connectivity index (χ1) is 7.79. The maximum Gasteiger partial charge on any atom is 0.150 e. The molecule has 88 valence electrons. The van der Waals surface area contributed by atoms with Gasteiger partial charge in [0, 0.05) is 12.6 Å². The standard InChI is InChI=1S/C12H20N4/c1-2-6-16-12(14-9-15-16)8-10-4-3-5-11(13)7-10/h8-9,11H,2-7,13H2,1H3. The van der Waals surface area contributed by atoms with Gasteiger partial charge in [-0.2, -0.15) is 5.10 Å². The number of aromatic nitrogens is 3. The van der Waals surface area contributed by atoms with Crippen molar-refractivity contribution in [3.8, 4) is 0 Å². The van der Waals surface area contributed by atoms with Crippen molar-refractivity contribution in [3.63, 3.8) is 0 Å². The first-order valence-corrected chi connectivity index (χ1v) is 6.12. The summed E-state index contributed by atoms with van der Waals surface area (Å²) in [6, 6.07) is 0.336. The normalized spacial score (nSPS) is 23.9. The Balaban J connectivity index is 2.11. The van der Waals surface area contributed by atoms with Crippen molar-refractivity contribution < 1.29 is 0 Å². The fourth-order valence-corrected chi connectivity index (χ4v) is 2.21. The number of nitrogens with zero attached hydrogens (tertiary/aromatic N) is 3. The largest absolute Gasteiger partial charge is 0.327 e. The molecular formula is C12H20N4. The third kappa shape index (κ3) is 2.70. The highest BCUT2D eigenvalue weighted by molar-refractivity contribution is 5.45. The van der Waals surface area contributed by atoms with Gasteiger partial charge in [0.2, 0.25) is 0 Å². The Morgan fingerprint density at radius 3 is 3.25 bits per heavy atom. The minimum atomic E-state index is 0.336. The second-order valence-electron chi connectivity index (χ2n) is 4.50. The van der Waals surface area contributed by atoms with Gasteiger partial charge in [-0.1, -0.05) is 12.5 Å². The predicted octanol–water partition coefficient (Wildman–Crippen LogP) is 1.97. The summed E-state index contributed by atoms with van der Waals surface area (Å²) < 4.78 is 1.97. The molecule has 1 aliphatic carbocycles. The van der Waals surface area contributed by atoms with Crippen LogP contribution in [0.1, 0.15) is 44.9 Å². The summed E-state index contributed by atoms with van der Waals surface area (Å²) in [5, 5.41) is 4.22.